The van der Waals surface area contributed by atoms with Gasteiger partial charge in [0, 0.05) is 18.7 Å². The van der Waals surface area contributed by atoms with Crippen molar-refractivity contribution in [2.24, 2.45) is 0 Å². The minimum Gasteiger partial charge on any atom is -0.497 e. The highest BCUT2D eigenvalue weighted by molar-refractivity contribution is 7.92. The van der Waals surface area contributed by atoms with Crippen LogP contribution in [0.2, 0.25) is 0 Å². The van der Waals surface area contributed by atoms with Crippen molar-refractivity contribution in [1.29, 1.82) is 0 Å². The smallest absolute Gasteiger partial charge is 0.244 e. The number of hydrogen-bond donors (Lipinski definition) is 1. The Morgan fingerprint density at radius 2 is 1.76 bits per heavy atom. The first-order chi connectivity index (χ1) is 16.0. The molecule has 0 aromatic heterocycles. The lowest BCUT2D eigenvalue weighted by Crippen LogP contribution is -2.52. The Balaban J connectivity index is 2.40. The summed E-state index contributed by atoms with van der Waals surface area (Å²) in [6, 6.07) is 13.3. The summed E-state index contributed by atoms with van der Waals surface area (Å²) in [6.07, 6.45) is 1.80. The van der Waals surface area contributed by atoms with Gasteiger partial charge in [-0.25, -0.2) is 8.42 Å². The summed E-state index contributed by atoms with van der Waals surface area (Å²) in [5, 5.41) is 2.91. The van der Waals surface area contributed by atoms with Crippen molar-refractivity contribution in [2.75, 3.05) is 24.2 Å². The van der Waals surface area contributed by atoms with Crippen LogP contribution in [-0.2, 0) is 26.2 Å². The van der Waals surface area contributed by atoms with Gasteiger partial charge < -0.3 is 15.0 Å². The standard InChI is InChI=1S/C25H35N3O5S/c1-7-19(3)26-25(30)20(4)27(16-21-11-8-10-18(2)14-21)24(29)17-28(34(6,31)32)22-12-9-13-23(15-22)33-5/h8-15,19-20H,7,16-17H2,1-6H3,(H,26,30)/t19-,20+/m1/s1. The second-order valence-corrected chi connectivity index (χ2v) is 10.4. The van der Waals surface area contributed by atoms with Crippen LogP contribution in [0.15, 0.2) is 48.5 Å². The zero-order valence-corrected chi connectivity index (χ0v) is 21.6. The summed E-state index contributed by atoms with van der Waals surface area (Å²) in [7, 11) is -2.31. The number of amides is 2. The number of benzene rings is 2. The number of methoxy groups -OCH3 is 1. The number of rotatable bonds is 11. The molecule has 2 aromatic carbocycles. The predicted octanol–water partition coefficient (Wildman–Crippen LogP) is 3.10. The van der Waals surface area contributed by atoms with E-state index in [4.69, 9.17) is 4.74 Å². The fourth-order valence-corrected chi connectivity index (χ4v) is 4.28. The molecule has 0 saturated carbocycles. The van der Waals surface area contributed by atoms with E-state index in [0.29, 0.717) is 11.4 Å². The lowest BCUT2D eigenvalue weighted by Gasteiger charge is -2.32. The Labute approximate surface area is 202 Å². The SMILES string of the molecule is CC[C@@H](C)NC(=O)[C@H](C)N(Cc1cccc(C)c1)C(=O)CN(c1cccc(OC)c1)S(C)(=O)=O. The lowest BCUT2D eigenvalue weighted by atomic mass is 10.1. The van der Waals surface area contributed by atoms with Gasteiger partial charge in [-0.3, -0.25) is 13.9 Å². The molecule has 2 amide bonds. The van der Waals surface area contributed by atoms with Gasteiger partial charge in [0.1, 0.15) is 18.3 Å². The topological polar surface area (TPSA) is 96.0 Å². The van der Waals surface area contributed by atoms with E-state index in [0.717, 1.165) is 28.1 Å². The molecule has 0 bridgehead atoms. The Kier molecular flexibility index (Phi) is 9.49. The van der Waals surface area contributed by atoms with Gasteiger partial charge in [0.15, 0.2) is 0 Å². The van der Waals surface area contributed by atoms with Crippen molar-refractivity contribution >= 4 is 27.5 Å². The summed E-state index contributed by atoms with van der Waals surface area (Å²) < 4.78 is 31.5. The lowest BCUT2D eigenvalue weighted by molar-refractivity contribution is -0.139. The largest absolute Gasteiger partial charge is 0.497 e. The van der Waals surface area contributed by atoms with Crippen molar-refractivity contribution in [3.63, 3.8) is 0 Å². The van der Waals surface area contributed by atoms with Crippen LogP contribution in [0.25, 0.3) is 0 Å². The number of carbonyl (C=O) groups is 2. The van der Waals surface area contributed by atoms with E-state index in [-0.39, 0.29) is 18.5 Å². The summed E-state index contributed by atoms with van der Waals surface area (Å²) in [5.74, 6) is -0.305. The van der Waals surface area contributed by atoms with E-state index in [1.807, 2.05) is 45.0 Å². The van der Waals surface area contributed by atoms with Gasteiger partial charge in [0.25, 0.3) is 0 Å². The Hall–Kier alpha value is -3.07. The molecular formula is C25H35N3O5S. The number of aryl methyl sites for hydroxylation is 1. The van der Waals surface area contributed by atoms with Gasteiger partial charge >= 0.3 is 0 Å². The molecule has 1 N–H and O–H groups in total. The molecule has 0 heterocycles. The highest BCUT2D eigenvalue weighted by Gasteiger charge is 2.30. The first kappa shape index (κ1) is 27.2. The average Bonchev–Trinajstić information content (AvgIpc) is 2.79. The van der Waals surface area contributed by atoms with E-state index in [2.05, 4.69) is 5.32 Å². The number of sulfonamides is 1. The van der Waals surface area contributed by atoms with Crippen LogP contribution in [0, 0.1) is 6.92 Å². The summed E-state index contributed by atoms with van der Waals surface area (Å²) in [6.45, 7) is 7.18. The molecule has 0 aliphatic carbocycles. The maximum atomic E-state index is 13.5. The molecule has 0 fully saturated rings. The Bertz CT molecular complexity index is 1100. The van der Waals surface area contributed by atoms with Gasteiger partial charge in [-0.2, -0.15) is 0 Å². The fourth-order valence-electron chi connectivity index (χ4n) is 3.43. The van der Waals surface area contributed by atoms with Crippen LogP contribution in [0.1, 0.15) is 38.3 Å². The maximum absolute atomic E-state index is 13.5. The fraction of sp³-hybridized carbons (Fsp3) is 0.440. The molecule has 0 aliphatic heterocycles. The number of nitrogens with one attached hydrogen (secondary N) is 1. The molecule has 2 rings (SSSR count). The van der Waals surface area contributed by atoms with Gasteiger partial charge in [-0.1, -0.05) is 42.8 Å². The molecule has 186 valence electrons. The van der Waals surface area contributed by atoms with Crippen molar-refractivity contribution in [1.82, 2.24) is 10.2 Å². The molecule has 0 spiro atoms. The van der Waals surface area contributed by atoms with E-state index < -0.39 is 28.5 Å². The second kappa shape index (κ2) is 11.9. The summed E-state index contributed by atoms with van der Waals surface area (Å²) in [5.41, 5.74) is 2.18. The van der Waals surface area contributed by atoms with Gasteiger partial charge in [0.2, 0.25) is 21.8 Å². The molecule has 2 aromatic rings. The number of nitrogens with zero attached hydrogens (tertiary/aromatic N) is 2. The molecule has 8 nitrogen and oxygen atoms in total. The van der Waals surface area contributed by atoms with Crippen LogP contribution in [0.3, 0.4) is 0 Å². The van der Waals surface area contributed by atoms with Gasteiger partial charge in [-0.05, 0) is 44.9 Å². The molecule has 0 radical (unpaired) electrons. The number of ether oxygens (including phenoxy) is 1. The van der Waals surface area contributed by atoms with Crippen molar-refractivity contribution in [3.05, 3.63) is 59.7 Å². The summed E-state index contributed by atoms with van der Waals surface area (Å²) >= 11 is 0. The highest BCUT2D eigenvalue weighted by atomic mass is 32.2. The quantitative estimate of drug-likeness (QED) is 0.523. The zero-order valence-electron chi connectivity index (χ0n) is 20.7. The van der Waals surface area contributed by atoms with Crippen LogP contribution in [0.4, 0.5) is 5.69 Å². The zero-order chi connectivity index (χ0) is 25.5. The van der Waals surface area contributed by atoms with Crippen LogP contribution in [0.5, 0.6) is 5.75 Å². The van der Waals surface area contributed by atoms with Gasteiger partial charge in [0.05, 0.1) is 19.1 Å². The molecule has 9 heteroatoms. The average molecular weight is 490 g/mol. The van der Waals surface area contributed by atoms with E-state index in [9.17, 15) is 18.0 Å². The Morgan fingerprint density at radius 1 is 1.09 bits per heavy atom. The maximum Gasteiger partial charge on any atom is 0.244 e. The molecular weight excluding hydrogens is 454 g/mol. The van der Waals surface area contributed by atoms with Crippen LogP contribution < -0.4 is 14.4 Å². The monoisotopic (exact) mass is 489 g/mol. The summed E-state index contributed by atoms with van der Waals surface area (Å²) in [4.78, 5) is 27.8. The van der Waals surface area contributed by atoms with Crippen LogP contribution in [-0.4, -0.2) is 57.1 Å². The van der Waals surface area contributed by atoms with Gasteiger partial charge in [-0.15, -0.1) is 0 Å². The third-order valence-electron chi connectivity index (χ3n) is 5.62. The van der Waals surface area contributed by atoms with Crippen LogP contribution >= 0.6 is 0 Å². The molecule has 0 aliphatic rings. The Morgan fingerprint density at radius 3 is 2.35 bits per heavy atom. The molecule has 2 atom stereocenters. The number of carbonyl (C=O) groups excluding carboxylic acids is 2. The number of hydrogen-bond acceptors (Lipinski definition) is 5. The number of anilines is 1. The van der Waals surface area contributed by atoms with Crippen molar-refractivity contribution in [3.8, 4) is 5.75 Å². The molecule has 0 unspecified atom stereocenters. The van der Waals surface area contributed by atoms with E-state index in [1.165, 1.54) is 12.0 Å². The van der Waals surface area contributed by atoms with E-state index >= 15 is 0 Å². The predicted molar refractivity (Wildman–Crippen MR) is 134 cm³/mol. The third kappa shape index (κ3) is 7.48. The minimum atomic E-state index is -3.79. The first-order valence-electron chi connectivity index (χ1n) is 11.2. The highest BCUT2D eigenvalue weighted by Crippen LogP contribution is 2.23. The van der Waals surface area contributed by atoms with Crippen molar-refractivity contribution in [2.45, 2.75) is 52.7 Å². The normalized spacial score (nSPS) is 13.0. The minimum absolute atomic E-state index is 0.0461. The molecule has 0 saturated heterocycles. The van der Waals surface area contributed by atoms with Crippen molar-refractivity contribution < 1.29 is 22.7 Å². The first-order valence-corrected chi connectivity index (χ1v) is 13.1. The van der Waals surface area contributed by atoms with E-state index in [1.54, 1.807) is 31.2 Å². The third-order valence-corrected chi connectivity index (χ3v) is 6.76. The molecule has 34 heavy (non-hydrogen) atoms. The second-order valence-electron chi connectivity index (χ2n) is 8.48.